The number of benzene rings is 9. The highest BCUT2D eigenvalue weighted by Crippen LogP contribution is 2.59. The molecule has 0 amide bonds. The smallest absolute Gasteiger partial charge is 0.143 e. The van der Waals surface area contributed by atoms with Crippen molar-refractivity contribution < 1.29 is 8.83 Å². The third-order valence-corrected chi connectivity index (χ3v) is 13.4. The molecule has 0 aliphatic heterocycles. The zero-order valence-electron chi connectivity index (χ0n) is 33.2. The molecule has 3 aliphatic rings. The standard InChI is InChI=1S/C58H32N2O2/c59-31-49-37(33-19-23-35(24-20-33)39-13-7-15-45-41-9-3-5-17-51(41)61-57(39)45)28-30-48-54-44-12-2-1-11-43(44)53(55(48)49)47-29-27-38(50(32-60)56(47)54)34-21-25-36(26-22-34)40-14-8-16-46-42-10-4-6-18-52(42)62-58(40)46/h1-30,53-54H. The summed E-state index contributed by atoms with van der Waals surface area (Å²) in [5.41, 5.74) is 19.4. The number of rotatable bonds is 4. The number of para-hydroxylation sites is 4. The summed E-state index contributed by atoms with van der Waals surface area (Å²) in [6.07, 6.45) is 0. The molecule has 0 radical (unpaired) electrons. The van der Waals surface area contributed by atoms with E-state index in [2.05, 4.69) is 158 Å². The summed E-state index contributed by atoms with van der Waals surface area (Å²) < 4.78 is 12.7. The minimum absolute atomic E-state index is 0.186. The molecule has 11 aromatic rings. The molecule has 0 saturated heterocycles. The first-order valence-electron chi connectivity index (χ1n) is 20.9. The molecule has 286 valence electrons. The van der Waals surface area contributed by atoms with Gasteiger partial charge in [0.1, 0.15) is 34.5 Å². The van der Waals surface area contributed by atoms with Crippen molar-refractivity contribution in [3.05, 3.63) is 226 Å². The summed E-state index contributed by atoms with van der Waals surface area (Å²) in [6.45, 7) is 0. The molecule has 0 saturated carbocycles. The van der Waals surface area contributed by atoms with Crippen LogP contribution in [0, 0.1) is 22.7 Å². The van der Waals surface area contributed by atoms with Gasteiger partial charge in [-0.3, -0.25) is 0 Å². The fraction of sp³-hybridized carbons (Fsp3) is 0.0345. The van der Waals surface area contributed by atoms with Gasteiger partial charge < -0.3 is 8.83 Å². The van der Waals surface area contributed by atoms with Crippen molar-refractivity contribution >= 4 is 43.9 Å². The third kappa shape index (κ3) is 4.75. The van der Waals surface area contributed by atoms with Crippen molar-refractivity contribution in [3.8, 4) is 56.6 Å². The molecule has 14 rings (SSSR count). The van der Waals surface area contributed by atoms with E-state index in [1.807, 2.05) is 36.4 Å². The van der Waals surface area contributed by atoms with Crippen LogP contribution in [0.3, 0.4) is 0 Å². The molecule has 2 bridgehead atoms. The lowest BCUT2D eigenvalue weighted by molar-refractivity contribution is 0.669. The summed E-state index contributed by atoms with van der Waals surface area (Å²) in [4.78, 5) is 0. The largest absolute Gasteiger partial charge is 0.455 e. The highest BCUT2D eigenvalue weighted by Gasteiger charge is 2.44. The Balaban J connectivity index is 0.903. The molecule has 2 aromatic heterocycles. The van der Waals surface area contributed by atoms with Crippen molar-refractivity contribution in [1.82, 2.24) is 0 Å². The number of nitriles is 2. The van der Waals surface area contributed by atoms with Crippen molar-refractivity contribution in [2.75, 3.05) is 0 Å². The first kappa shape index (κ1) is 34.4. The Morgan fingerprint density at radius 1 is 0.323 bits per heavy atom. The van der Waals surface area contributed by atoms with Crippen LogP contribution >= 0.6 is 0 Å². The Hall–Kier alpha value is -8.44. The van der Waals surface area contributed by atoms with Gasteiger partial charge in [-0.05, 0) is 78.9 Å². The fourth-order valence-electron chi connectivity index (χ4n) is 10.7. The van der Waals surface area contributed by atoms with E-state index in [1.54, 1.807) is 0 Å². The molecule has 9 aromatic carbocycles. The van der Waals surface area contributed by atoms with Crippen LogP contribution < -0.4 is 0 Å². The highest BCUT2D eigenvalue weighted by molar-refractivity contribution is 6.10. The van der Waals surface area contributed by atoms with E-state index in [0.717, 1.165) is 111 Å². The quantitative estimate of drug-likeness (QED) is 0.178. The maximum absolute atomic E-state index is 11.1. The summed E-state index contributed by atoms with van der Waals surface area (Å²) in [7, 11) is 0. The topological polar surface area (TPSA) is 73.9 Å². The van der Waals surface area contributed by atoms with Gasteiger partial charge in [-0.25, -0.2) is 0 Å². The van der Waals surface area contributed by atoms with E-state index < -0.39 is 0 Å². The lowest BCUT2D eigenvalue weighted by Crippen LogP contribution is -2.29. The fourth-order valence-corrected chi connectivity index (χ4v) is 10.7. The molecule has 2 heterocycles. The molecular weight excluding hydrogens is 757 g/mol. The summed E-state index contributed by atoms with van der Waals surface area (Å²) >= 11 is 0. The second kappa shape index (κ2) is 13.0. The lowest BCUT2D eigenvalue weighted by atomic mass is 9.58. The van der Waals surface area contributed by atoms with Crippen molar-refractivity contribution in [1.29, 1.82) is 10.5 Å². The Bertz CT molecular complexity index is 3530. The molecule has 2 unspecified atom stereocenters. The zero-order chi connectivity index (χ0) is 41.1. The van der Waals surface area contributed by atoms with Gasteiger partial charge >= 0.3 is 0 Å². The Morgan fingerprint density at radius 2 is 0.694 bits per heavy atom. The average molecular weight is 789 g/mol. The monoisotopic (exact) mass is 788 g/mol. The van der Waals surface area contributed by atoms with Gasteiger partial charge in [0, 0.05) is 44.5 Å². The van der Waals surface area contributed by atoms with Crippen LogP contribution in [0.5, 0.6) is 0 Å². The molecular formula is C58H32N2O2. The molecule has 0 spiro atoms. The van der Waals surface area contributed by atoms with E-state index in [-0.39, 0.29) is 11.8 Å². The number of nitrogens with zero attached hydrogens (tertiary/aromatic N) is 2. The van der Waals surface area contributed by atoms with E-state index in [0.29, 0.717) is 11.1 Å². The first-order valence-corrected chi connectivity index (χ1v) is 20.9. The number of hydrogen-bond acceptors (Lipinski definition) is 4. The second-order valence-corrected chi connectivity index (χ2v) is 16.4. The zero-order valence-corrected chi connectivity index (χ0v) is 33.2. The summed E-state index contributed by atoms with van der Waals surface area (Å²) in [6, 6.07) is 68.4. The number of fused-ring (bicyclic) bond motifs is 6. The number of hydrogen-bond donors (Lipinski definition) is 0. The molecule has 62 heavy (non-hydrogen) atoms. The molecule has 4 heteroatoms. The molecule has 0 N–H and O–H groups in total. The van der Waals surface area contributed by atoms with Crippen molar-refractivity contribution in [2.45, 2.75) is 11.8 Å². The van der Waals surface area contributed by atoms with Gasteiger partial charge in [-0.2, -0.15) is 10.5 Å². The van der Waals surface area contributed by atoms with Crippen molar-refractivity contribution in [2.24, 2.45) is 0 Å². The molecule has 2 atom stereocenters. The van der Waals surface area contributed by atoms with Gasteiger partial charge in [0.15, 0.2) is 0 Å². The average Bonchev–Trinajstić information content (AvgIpc) is 3.92. The van der Waals surface area contributed by atoms with Crippen LogP contribution in [0.15, 0.2) is 191 Å². The van der Waals surface area contributed by atoms with E-state index in [1.165, 1.54) is 11.1 Å². The van der Waals surface area contributed by atoms with Crippen LogP contribution in [-0.4, -0.2) is 0 Å². The van der Waals surface area contributed by atoms with E-state index >= 15 is 0 Å². The molecule has 3 aliphatic carbocycles. The lowest BCUT2D eigenvalue weighted by Gasteiger charge is -2.43. The van der Waals surface area contributed by atoms with Gasteiger partial charge in [0.05, 0.1) is 11.1 Å². The van der Waals surface area contributed by atoms with Gasteiger partial charge in [0.25, 0.3) is 0 Å². The SMILES string of the molecule is N#Cc1c(-c2ccc(-c3cccc4c3oc3ccccc34)cc2)ccc2c1C1c3ccccc3C2c2c1ccc(-c1ccc(-c3cccc4c3oc3ccccc34)cc1)c2C#N. The molecule has 4 nitrogen and oxygen atoms in total. The third-order valence-electron chi connectivity index (χ3n) is 13.4. The summed E-state index contributed by atoms with van der Waals surface area (Å²) in [5.74, 6) is -0.373. The van der Waals surface area contributed by atoms with Crippen molar-refractivity contribution in [3.63, 3.8) is 0 Å². The van der Waals surface area contributed by atoms with E-state index in [9.17, 15) is 10.5 Å². The van der Waals surface area contributed by atoms with Crippen LogP contribution in [0.1, 0.15) is 56.3 Å². The minimum atomic E-state index is -0.186. The predicted molar refractivity (Wildman–Crippen MR) is 247 cm³/mol. The normalized spacial score (nSPS) is 14.7. The van der Waals surface area contributed by atoms with Crippen LogP contribution in [0.2, 0.25) is 0 Å². The van der Waals surface area contributed by atoms with Gasteiger partial charge in [-0.1, -0.05) is 170 Å². The maximum atomic E-state index is 11.1. The Labute approximate surface area is 356 Å². The van der Waals surface area contributed by atoms with Gasteiger partial charge in [0.2, 0.25) is 0 Å². The summed E-state index contributed by atoms with van der Waals surface area (Å²) in [5, 5.41) is 26.5. The van der Waals surface area contributed by atoms with Gasteiger partial charge in [-0.15, -0.1) is 0 Å². The first-order chi connectivity index (χ1) is 30.7. The maximum Gasteiger partial charge on any atom is 0.143 e. The Kier molecular flexibility index (Phi) is 7.23. The van der Waals surface area contributed by atoms with Crippen LogP contribution in [0.4, 0.5) is 0 Å². The molecule has 0 fully saturated rings. The highest BCUT2D eigenvalue weighted by atomic mass is 16.3. The second-order valence-electron chi connectivity index (χ2n) is 16.4. The Morgan fingerprint density at radius 3 is 1.11 bits per heavy atom. The minimum Gasteiger partial charge on any atom is -0.455 e. The predicted octanol–water partition coefficient (Wildman–Crippen LogP) is 14.9. The van der Waals surface area contributed by atoms with Crippen LogP contribution in [0.25, 0.3) is 88.4 Å². The van der Waals surface area contributed by atoms with Crippen LogP contribution in [-0.2, 0) is 0 Å². The van der Waals surface area contributed by atoms with E-state index in [4.69, 9.17) is 8.83 Å². The number of furan rings is 2.